The normalized spacial score (nSPS) is 11.2. The van der Waals surface area contributed by atoms with Crippen molar-refractivity contribution < 1.29 is 4.79 Å². The monoisotopic (exact) mass is 355 g/mol. The van der Waals surface area contributed by atoms with Gasteiger partial charge in [-0.15, -0.1) is 16.4 Å². The van der Waals surface area contributed by atoms with E-state index in [1.165, 1.54) is 16.6 Å². The molecule has 1 N–H and O–H groups in total. The Balaban J connectivity index is 1.56. The maximum absolute atomic E-state index is 12.2. The summed E-state index contributed by atoms with van der Waals surface area (Å²) in [7, 11) is 0. The number of Topliss-reactive ketones (excluding diaryl/α,β-unsaturated/α-hetero) is 1. The van der Waals surface area contributed by atoms with Crippen molar-refractivity contribution in [3.8, 4) is 0 Å². The molecule has 0 aliphatic heterocycles. The summed E-state index contributed by atoms with van der Waals surface area (Å²) >= 11 is 2.92. The van der Waals surface area contributed by atoms with E-state index in [0.717, 1.165) is 16.9 Å². The summed E-state index contributed by atoms with van der Waals surface area (Å²) in [5.74, 6) is 1.15. The van der Waals surface area contributed by atoms with E-state index in [1.807, 2.05) is 54.6 Å². The van der Waals surface area contributed by atoms with Crippen LogP contribution in [0.3, 0.4) is 0 Å². The number of ketones is 1. The lowest BCUT2D eigenvalue weighted by atomic mass is 10.2. The second kappa shape index (κ2) is 8.08. The summed E-state index contributed by atoms with van der Waals surface area (Å²) in [4.78, 5) is 18.6. The third kappa shape index (κ3) is 4.43. The van der Waals surface area contributed by atoms with Crippen LogP contribution in [-0.4, -0.2) is 26.7 Å². The van der Waals surface area contributed by atoms with Crippen LogP contribution in [0.25, 0.3) is 12.2 Å². The number of carbonyl (C=O) groups excluding carboxylic acids is 1. The van der Waals surface area contributed by atoms with Gasteiger partial charge in [-0.2, -0.15) is 0 Å². The fourth-order valence-electron chi connectivity index (χ4n) is 2.06. The van der Waals surface area contributed by atoms with Gasteiger partial charge in [0.15, 0.2) is 5.78 Å². The number of carbonyl (C=O) groups is 1. The third-order valence-corrected chi connectivity index (χ3v) is 5.45. The highest BCUT2D eigenvalue weighted by Gasteiger charge is 2.11. The Kier molecular flexibility index (Phi) is 5.61. The van der Waals surface area contributed by atoms with Crippen molar-refractivity contribution in [1.82, 2.24) is 15.2 Å². The van der Waals surface area contributed by atoms with E-state index < -0.39 is 0 Å². The first-order valence-electron chi connectivity index (χ1n) is 7.65. The van der Waals surface area contributed by atoms with Gasteiger partial charge >= 0.3 is 0 Å². The number of rotatable bonds is 7. The van der Waals surface area contributed by atoms with E-state index in [-0.39, 0.29) is 5.78 Å². The molecule has 0 radical (unpaired) electrons. The summed E-state index contributed by atoms with van der Waals surface area (Å²) in [5.41, 5.74) is 1.10. The van der Waals surface area contributed by atoms with Gasteiger partial charge in [0.05, 0.1) is 10.6 Å². The van der Waals surface area contributed by atoms with E-state index in [4.69, 9.17) is 0 Å². The molecule has 24 heavy (non-hydrogen) atoms. The zero-order valence-corrected chi connectivity index (χ0v) is 14.9. The molecule has 0 amide bonds. The molecule has 3 aromatic rings. The van der Waals surface area contributed by atoms with Gasteiger partial charge in [-0.25, -0.2) is 4.98 Å². The molecule has 0 saturated heterocycles. The lowest BCUT2D eigenvalue weighted by molar-refractivity contribution is 0.102. The zero-order valence-electron chi connectivity index (χ0n) is 13.2. The Morgan fingerprint density at radius 1 is 1.21 bits per heavy atom. The van der Waals surface area contributed by atoms with Gasteiger partial charge in [0.25, 0.3) is 0 Å². The number of nitrogens with zero attached hydrogens (tertiary/aromatic N) is 2. The fourth-order valence-corrected chi connectivity index (χ4v) is 3.72. The summed E-state index contributed by atoms with van der Waals surface area (Å²) in [5, 5.41) is 7.60. The van der Waals surface area contributed by atoms with Gasteiger partial charge in [-0.1, -0.05) is 55.1 Å². The second-order valence-corrected chi connectivity index (χ2v) is 7.19. The first-order chi connectivity index (χ1) is 11.7. The number of benzene rings is 1. The number of nitrogens with one attached hydrogen (secondary N) is 1. The molecule has 2 heterocycles. The van der Waals surface area contributed by atoms with Crippen molar-refractivity contribution in [3.05, 3.63) is 63.6 Å². The van der Waals surface area contributed by atoms with E-state index >= 15 is 0 Å². The minimum atomic E-state index is 0.121. The Bertz CT molecular complexity index is 837. The number of hydrogen-bond acceptors (Lipinski definition) is 5. The Morgan fingerprint density at radius 3 is 2.79 bits per heavy atom. The minimum Gasteiger partial charge on any atom is -0.292 e. The highest BCUT2D eigenvalue weighted by molar-refractivity contribution is 7.99. The number of aromatic nitrogens is 3. The molecule has 0 saturated carbocycles. The predicted octanol–water partition coefficient (Wildman–Crippen LogP) is 4.57. The van der Waals surface area contributed by atoms with Crippen LogP contribution in [0.4, 0.5) is 0 Å². The summed E-state index contributed by atoms with van der Waals surface area (Å²) in [6.07, 6.45) is 4.81. The largest absolute Gasteiger partial charge is 0.292 e. The van der Waals surface area contributed by atoms with Crippen molar-refractivity contribution in [2.24, 2.45) is 0 Å². The van der Waals surface area contributed by atoms with Gasteiger partial charge in [0, 0.05) is 4.88 Å². The summed E-state index contributed by atoms with van der Waals surface area (Å²) in [6, 6.07) is 13.9. The average Bonchev–Trinajstić information content (AvgIpc) is 3.28. The van der Waals surface area contributed by atoms with Crippen molar-refractivity contribution in [2.45, 2.75) is 18.5 Å². The van der Waals surface area contributed by atoms with Crippen molar-refractivity contribution in [1.29, 1.82) is 0 Å². The van der Waals surface area contributed by atoms with Crippen molar-refractivity contribution >= 4 is 41.0 Å². The van der Waals surface area contributed by atoms with Gasteiger partial charge in [-0.3, -0.25) is 9.89 Å². The number of H-pyrrole nitrogens is 1. The van der Waals surface area contributed by atoms with Crippen molar-refractivity contribution in [2.75, 3.05) is 5.75 Å². The Morgan fingerprint density at radius 2 is 2.04 bits per heavy atom. The van der Waals surface area contributed by atoms with Gasteiger partial charge in [-0.05, 0) is 30.2 Å². The molecule has 0 aliphatic rings. The average molecular weight is 355 g/mol. The quantitative estimate of drug-likeness (QED) is 0.498. The number of aryl methyl sites for hydroxylation is 1. The molecule has 0 fully saturated rings. The molecule has 2 aromatic heterocycles. The van der Waals surface area contributed by atoms with Gasteiger partial charge in [0.2, 0.25) is 5.16 Å². The Hall–Kier alpha value is -2.18. The van der Waals surface area contributed by atoms with E-state index in [0.29, 0.717) is 16.7 Å². The van der Waals surface area contributed by atoms with Gasteiger partial charge < -0.3 is 0 Å². The predicted molar refractivity (Wildman–Crippen MR) is 101 cm³/mol. The molecule has 0 bridgehead atoms. The smallest absolute Gasteiger partial charge is 0.209 e. The molecule has 4 nitrogen and oxygen atoms in total. The number of thioether (sulfide) groups is 1. The fraction of sp³-hybridized carbons (Fsp3) is 0.167. The number of thiophene rings is 1. The first kappa shape index (κ1) is 16.7. The zero-order chi connectivity index (χ0) is 16.8. The van der Waals surface area contributed by atoms with Crippen LogP contribution in [0.15, 0.2) is 47.6 Å². The van der Waals surface area contributed by atoms with Crippen LogP contribution in [0.2, 0.25) is 0 Å². The van der Waals surface area contributed by atoms with E-state index in [9.17, 15) is 4.79 Å². The van der Waals surface area contributed by atoms with Crippen LogP contribution in [0.5, 0.6) is 0 Å². The molecular formula is C18H17N3OS2. The summed E-state index contributed by atoms with van der Waals surface area (Å²) in [6.45, 7) is 2.09. The lowest BCUT2D eigenvalue weighted by Gasteiger charge is -1.94. The molecule has 0 atom stereocenters. The SMILES string of the molecule is CCc1ccc(C(=O)CSc2n[nH]c(/C=C/c3ccccc3)n2)s1. The van der Waals surface area contributed by atoms with Crippen LogP contribution in [0.1, 0.15) is 32.9 Å². The minimum absolute atomic E-state index is 0.121. The lowest BCUT2D eigenvalue weighted by Crippen LogP contribution is -1.99. The number of hydrogen-bond donors (Lipinski definition) is 1. The second-order valence-electron chi connectivity index (χ2n) is 5.08. The summed E-state index contributed by atoms with van der Waals surface area (Å²) < 4.78 is 0. The van der Waals surface area contributed by atoms with Crippen molar-refractivity contribution in [3.63, 3.8) is 0 Å². The van der Waals surface area contributed by atoms with E-state index in [1.54, 1.807) is 11.3 Å². The standard InChI is InChI=1S/C18H17N3OS2/c1-2-14-9-10-16(24-14)15(22)12-23-18-19-17(20-21-18)11-8-13-6-4-3-5-7-13/h3-11H,2,12H2,1H3,(H,19,20,21)/b11-8+. The Labute approximate surface area is 149 Å². The first-order valence-corrected chi connectivity index (χ1v) is 9.45. The third-order valence-electron chi connectivity index (χ3n) is 3.33. The van der Waals surface area contributed by atoms with Gasteiger partial charge in [0.1, 0.15) is 5.82 Å². The number of aromatic amines is 1. The van der Waals surface area contributed by atoms with Crippen LogP contribution >= 0.6 is 23.1 Å². The molecule has 0 unspecified atom stereocenters. The maximum Gasteiger partial charge on any atom is 0.209 e. The molecule has 6 heteroatoms. The molecule has 3 rings (SSSR count). The highest BCUT2D eigenvalue weighted by Crippen LogP contribution is 2.21. The topological polar surface area (TPSA) is 58.6 Å². The van der Waals surface area contributed by atoms with Crippen LogP contribution < -0.4 is 0 Å². The highest BCUT2D eigenvalue weighted by atomic mass is 32.2. The maximum atomic E-state index is 12.2. The van der Waals surface area contributed by atoms with Crippen LogP contribution in [0, 0.1) is 0 Å². The molecule has 122 valence electrons. The molecule has 0 aliphatic carbocycles. The molecule has 0 spiro atoms. The molecule has 1 aromatic carbocycles. The van der Waals surface area contributed by atoms with Crippen LogP contribution in [-0.2, 0) is 6.42 Å². The van der Waals surface area contributed by atoms with E-state index in [2.05, 4.69) is 22.1 Å². The molecular weight excluding hydrogens is 338 g/mol.